The first-order chi connectivity index (χ1) is 8.13. The molecule has 0 radical (unpaired) electrons. The zero-order valence-electron chi connectivity index (χ0n) is 10.7. The van der Waals surface area contributed by atoms with Crippen LogP contribution >= 0.6 is 12.2 Å². The Bertz CT molecular complexity index is 294. The van der Waals surface area contributed by atoms with Crippen molar-refractivity contribution in [2.24, 2.45) is 0 Å². The van der Waals surface area contributed by atoms with Crippen LogP contribution in [-0.4, -0.2) is 28.9 Å². The van der Waals surface area contributed by atoms with Gasteiger partial charge in [0.05, 0.1) is 19.6 Å². The second-order valence-corrected chi connectivity index (χ2v) is 4.53. The van der Waals surface area contributed by atoms with Crippen LogP contribution in [0.5, 0.6) is 0 Å². The third-order valence-corrected chi connectivity index (χ3v) is 2.63. The molecule has 0 aromatic carbocycles. The van der Waals surface area contributed by atoms with E-state index in [4.69, 9.17) is 0 Å². The quantitative estimate of drug-likeness (QED) is 0.637. The summed E-state index contributed by atoms with van der Waals surface area (Å²) in [6, 6.07) is 3.61. The molecule has 1 aromatic heterocycles. The van der Waals surface area contributed by atoms with Crippen LogP contribution in [0.4, 0.5) is 5.69 Å². The molecule has 0 aliphatic rings. The van der Waals surface area contributed by atoms with Gasteiger partial charge in [0.15, 0.2) is 0 Å². The Hall–Kier alpha value is -0.780. The lowest BCUT2D eigenvalue weighted by Gasteiger charge is -2.10. The van der Waals surface area contributed by atoms with E-state index in [1.165, 1.54) is 19.6 Å². The minimum Gasteiger partial charge on any atom is -0.411 e. The fourth-order valence-corrected chi connectivity index (χ4v) is 1.54. The maximum atomic E-state index is 4.66. The van der Waals surface area contributed by atoms with Crippen LogP contribution < -0.4 is 10.2 Å². The molecule has 1 heterocycles. The molecule has 0 fully saturated rings. The average Bonchev–Trinajstić information content (AvgIpc) is 2.32. The highest BCUT2D eigenvalue weighted by molar-refractivity contribution is 8.00. The number of nitrogens with one attached hydrogen (secondary N) is 2. The van der Waals surface area contributed by atoms with Gasteiger partial charge in [-0.1, -0.05) is 4.32 Å². The van der Waals surface area contributed by atoms with Gasteiger partial charge in [0.25, 0.3) is 0 Å². The van der Waals surface area contributed by atoms with Crippen molar-refractivity contribution in [1.29, 1.82) is 0 Å². The van der Waals surface area contributed by atoms with Crippen molar-refractivity contribution in [3.8, 4) is 0 Å². The summed E-state index contributed by atoms with van der Waals surface area (Å²) in [7, 11) is 0. The molecule has 2 N–H and O–H groups in total. The van der Waals surface area contributed by atoms with Crippen molar-refractivity contribution in [1.82, 2.24) is 4.98 Å². The Morgan fingerprint density at radius 3 is 2.00 bits per heavy atom. The summed E-state index contributed by atoms with van der Waals surface area (Å²) in [6.07, 6.45) is 3.35. The van der Waals surface area contributed by atoms with Crippen molar-refractivity contribution in [3.63, 3.8) is 0 Å². The minimum absolute atomic E-state index is 0.353. The monoisotopic (exact) mass is 271 g/mol. The van der Waals surface area contributed by atoms with Gasteiger partial charge < -0.3 is 35.1 Å². The molecular formula is C12H21N3S2. The summed E-state index contributed by atoms with van der Waals surface area (Å²) in [5.74, 6) is 0. The molecule has 1 rings (SSSR count). The molecule has 3 nitrogen and oxygen atoms in total. The maximum absolute atomic E-state index is 4.66. The van der Waals surface area contributed by atoms with E-state index in [9.17, 15) is 0 Å². The van der Waals surface area contributed by atoms with Crippen LogP contribution in [0.1, 0.15) is 20.8 Å². The number of nitrogens with zero attached hydrogens (tertiary/aromatic N) is 1. The summed E-state index contributed by atoms with van der Waals surface area (Å²) in [6.45, 7) is 10.5. The van der Waals surface area contributed by atoms with Crippen LogP contribution in [0, 0.1) is 0 Å². The molecule has 1 aromatic rings. The highest BCUT2D eigenvalue weighted by Gasteiger charge is 1.92. The molecular weight excluding hydrogens is 250 g/mol. The first kappa shape index (κ1) is 16.2. The van der Waals surface area contributed by atoms with Crippen molar-refractivity contribution in [2.75, 3.05) is 25.0 Å². The topological polar surface area (TPSA) is 29.4 Å². The Labute approximate surface area is 115 Å². The molecule has 0 aliphatic heterocycles. The van der Waals surface area contributed by atoms with E-state index in [0.29, 0.717) is 4.32 Å². The first-order valence-electron chi connectivity index (χ1n) is 5.85. The summed E-state index contributed by atoms with van der Waals surface area (Å²) in [5, 5.41) is 2.81. The lowest BCUT2D eigenvalue weighted by Crippen LogP contribution is -3.11. The van der Waals surface area contributed by atoms with Gasteiger partial charge in [0.2, 0.25) is 0 Å². The molecule has 17 heavy (non-hydrogen) atoms. The number of hydrogen-bond donors (Lipinski definition) is 2. The van der Waals surface area contributed by atoms with Crippen molar-refractivity contribution >= 4 is 34.9 Å². The highest BCUT2D eigenvalue weighted by Crippen LogP contribution is 2.02. The number of aromatic nitrogens is 1. The predicted molar refractivity (Wildman–Crippen MR) is 80.4 cm³/mol. The van der Waals surface area contributed by atoms with Crippen LogP contribution in [0.15, 0.2) is 24.5 Å². The van der Waals surface area contributed by atoms with Gasteiger partial charge in [-0.2, -0.15) is 0 Å². The molecule has 0 unspecified atom stereocenters. The van der Waals surface area contributed by atoms with E-state index < -0.39 is 0 Å². The van der Waals surface area contributed by atoms with E-state index in [0.717, 1.165) is 5.69 Å². The number of rotatable bonds is 4. The molecule has 0 amide bonds. The number of hydrogen-bond acceptors (Lipinski definition) is 3. The highest BCUT2D eigenvalue weighted by atomic mass is 32.1. The second-order valence-electron chi connectivity index (χ2n) is 3.46. The van der Waals surface area contributed by atoms with Crippen LogP contribution in [0.25, 0.3) is 0 Å². The van der Waals surface area contributed by atoms with Crippen molar-refractivity contribution in [2.45, 2.75) is 20.8 Å². The second kappa shape index (κ2) is 10.4. The Morgan fingerprint density at radius 1 is 1.24 bits per heavy atom. The SMILES string of the molecule is CC[NH+](CC)CC.S=C([S-])Nc1ccncc1. The molecule has 0 saturated carbocycles. The lowest BCUT2D eigenvalue weighted by molar-refractivity contribution is -0.894. The molecule has 0 aliphatic carbocycles. The summed E-state index contributed by atoms with van der Waals surface area (Å²) in [4.78, 5) is 5.52. The van der Waals surface area contributed by atoms with Gasteiger partial charge in [0.1, 0.15) is 0 Å². The summed E-state index contributed by atoms with van der Waals surface area (Å²) in [5.41, 5.74) is 0.884. The van der Waals surface area contributed by atoms with Gasteiger partial charge in [-0.05, 0) is 32.9 Å². The first-order valence-corrected chi connectivity index (χ1v) is 6.67. The van der Waals surface area contributed by atoms with Crippen LogP contribution in [-0.2, 0) is 12.6 Å². The van der Waals surface area contributed by atoms with E-state index in [2.05, 4.69) is 55.9 Å². The zero-order chi connectivity index (χ0) is 13.1. The summed E-state index contributed by atoms with van der Waals surface area (Å²) < 4.78 is 0.353. The van der Waals surface area contributed by atoms with Gasteiger partial charge >= 0.3 is 0 Å². The van der Waals surface area contributed by atoms with Crippen molar-refractivity contribution < 1.29 is 4.90 Å². The zero-order valence-corrected chi connectivity index (χ0v) is 12.3. The van der Waals surface area contributed by atoms with E-state index >= 15 is 0 Å². The molecule has 0 atom stereocenters. The van der Waals surface area contributed by atoms with E-state index in [-0.39, 0.29) is 0 Å². The van der Waals surface area contributed by atoms with Gasteiger partial charge in [-0.25, -0.2) is 0 Å². The molecule has 0 saturated heterocycles. The van der Waals surface area contributed by atoms with Crippen LogP contribution in [0.3, 0.4) is 0 Å². The predicted octanol–water partition coefficient (Wildman–Crippen LogP) is 1.26. The van der Waals surface area contributed by atoms with E-state index in [1.807, 2.05) is 0 Å². The third kappa shape index (κ3) is 8.97. The van der Waals surface area contributed by atoms with Crippen molar-refractivity contribution in [3.05, 3.63) is 24.5 Å². The van der Waals surface area contributed by atoms with Gasteiger partial charge in [-0.3, -0.25) is 4.98 Å². The molecule has 0 spiro atoms. The number of thiocarbonyl (C=S) groups is 1. The largest absolute Gasteiger partial charge is 0.411 e. The fraction of sp³-hybridized carbons (Fsp3) is 0.500. The normalized spacial score (nSPS) is 9.41. The Balaban J connectivity index is 0.000000325. The smallest absolute Gasteiger partial charge is 0.0742 e. The summed E-state index contributed by atoms with van der Waals surface area (Å²) >= 11 is 9.32. The molecule has 96 valence electrons. The number of anilines is 1. The number of pyridine rings is 1. The van der Waals surface area contributed by atoms with Crippen LogP contribution in [0.2, 0.25) is 0 Å². The van der Waals surface area contributed by atoms with E-state index in [1.54, 1.807) is 29.4 Å². The Morgan fingerprint density at radius 2 is 1.71 bits per heavy atom. The van der Waals surface area contributed by atoms with Gasteiger partial charge in [0, 0.05) is 18.1 Å². The molecule has 5 heteroatoms. The average molecular weight is 271 g/mol. The standard InChI is InChI=1S/C6H6N2S2.C6H15N/c9-6(10)8-5-1-3-7-4-2-5;1-4-7(5-2)6-3/h1-4H,(H2,7,8,9,10);4-6H2,1-3H3. The number of quaternary nitrogens is 1. The fourth-order valence-electron chi connectivity index (χ4n) is 1.30. The lowest BCUT2D eigenvalue weighted by atomic mass is 10.4. The Kier molecular flexibility index (Phi) is 9.90. The molecule has 0 bridgehead atoms. The third-order valence-electron chi connectivity index (χ3n) is 2.43. The maximum Gasteiger partial charge on any atom is 0.0742 e. The minimum atomic E-state index is 0.353. The van der Waals surface area contributed by atoms with Gasteiger partial charge in [-0.15, -0.1) is 0 Å².